The Morgan fingerprint density at radius 2 is 1.62 bits per heavy atom. The van der Waals surface area contributed by atoms with Crippen LogP contribution in [0.1, 0.15) is 111 Å². The van der Waals surface area contributed by atoms with Crippen molar-refractivity contribution in [2.75, 3.05) is 25.0 Å². The van der Waals surface area contributed by atoms with Crippen LogP contribution in [-0.2, 0) is 25.3 Å². The summed E-state index contributed by atoms with van der Waals surface area (Å²) >= 11 is 0. The van der Waals surface area contributed by atoms with Crippen LogP contribution in [0.4, 0.5) is 23.8 Å². The van der Waals surface area contributed by atoms with Gasteiger partial charge in [0.05, 0.1) is 23.2 Å². The summed E-state index contributed by atoms with van der Waals surface area (Å²) in [5, 5.41) is 16.0. The molecule has 1 aromatic carbocycles. The second-order valence-corrected chi connectivity index (χ2v) is 17.0. The fourth-order valence-corrected chi connectivity index (χ4v) is 7.99. The van der Waals surface area contributed by atoms with Crippen LogP contribution >= 0.6 is 0 Å². The quantitative estimate of drug-likeness (QED) is 0.162. The van der Waals surface area contributed by atoms with Gasteiger partial charge in [-0.2, -0.15) is 13.2 Å². The molecule has 13 nitrogen and oxygen atoms in total. The second kappa shape index (κ2) is 18.8. The summed E-state index contributed by atoms with van der Waals surface area (Å²) in [6.07, 6.45) is 3.05. The molecule has 5 N–H and O–H groups in total. The van der Waals surface area contributed by atoms with E-state index in [-0.39, 0.29) is 65.9 Å². The van der Waals surface area contributed by atoms with Gasteiger partial charge in [0.1, 0.15) is 23.8 Å². The number of benzene rings is 1. The number of halogens is 3. The fraction of sp³-hybridized carbons (Fsp3) is 0.700. The Bertz CT molecular complexity index is 1680. The first-order valence-electron chi connectivity index (χ1n) is 20.1. The van der Waals surface area contributed by atoms with E-state index in [1.165, 1.54) is 12.4 Å². The van der Waals surface area contributed by atoms with E-state index in [2.05, 4.69) is 50.4 Å². The van der Waals surface area contributed by atoms with E-state index in [1.54, 1.807) is 4.90 Å². The predicted octanol–water partition coefficient (Wildman–Crippen LogP) is 5.68. The molecule has 2 aromatic rings. The summed E-state index contributed by atoms with van der Waals surface area (Å²) < 4.78 is 45.8. The minimum Gasteiger partial charge on any atom is -0.444 e. The number of likely N-dealkylation sites (tertiary alicyclic amines) is 1. The molecule has 0 radical (unpaired) electrons. The lowest BCUT2D eigenvalue weighted by atomic mass is 9.85. The number of fused-ring (bicyclic) bond motifs is 1. The maximum absolute atomic E-state index is 13.9. The SMILES string of the molecule is CC(C)CN[C@@H]1CC[C@H](N2CC[C@H](Nc3ncnc4ccc(C(F)(F)F)cc34)C2=O)[C@H](NC(=O)CCCC(=O)NC2CCC(CNC(=O)OC(C)(C)C)CC2)C1. The van der Waals surface area contributed by atoms with E-state index >= 15 is 0 Å². The van der Waals surface area contributed by atoms with E-state index in [9.17, 15) is 32.3 Å². The van der Waals surface area contributed by atoms with E-state index in [0.717, 1.165) is 50.8 Å². The summed E-state index contributed by atoms with van der Waals surface area (Å²) in [6.45, 7) is 11.5. The summed E-state index contributed by atoms with van der Waals surface area (Å²) in [7, 11) is 0. The summed E-state index contributed by atoms with van der Waals surface area (Å²) in [6, 6.07) is 2.22. The number of aromatic nitrogens is 2. The van der Waals surface area contributed by atoms with Crippen LogP contribution in [0.15, 0.2) is 24.5 Å². The Morgan fingerprint density at radius 3 is 2.30 bits per heavy atom. The van der Waals surface area contributed by atoms with Crippen LogP contribution in [0.25, 0.3) is 10.9 Å². The monoisotopic (exact) mass is 788 g/mol. The van der Waals surface area contributed by atoms with Crippen molar-refractivity contribution in [3.63, 3.8) is 0 Å². The van der Waals surface area contributed by atoms with Gasteiger partial charge in [-0.1, -0.05) is 13.8 Å². The molecule has 1 aliphatic heterocycles. The van der Waals surface area contributed by atoms with Gasteiger partial charge < -0.3 is 36.2 Å². The van der Waals surface area contributed by atoms with Gasteiger partial charge in [0.2, 0.25) is 17.7 Å². The molecule has 310 valence electrons. The molecule has 2 heterocycles. The smallest absolute Gasteiger partial charge is 0.416 e. The average Bonchev–Trinajstić information content (AvgIpc) is 3.48. The van der Waals surface area contributed by atoms with Crippen LogP contribution in [0.3, 0.4) is 0 Å². The maximum Gasteiger partial charge on any atom is 0.416 e. The van der Waals surface area contributed by atoms with Gasteiger partial charge in [-0.3, -0.25) is 14.4 Å². The second-order valence-electron chi connectivity index (χ2n) is 17.0. The third kappa shape index (κ3) is 12.4. The zero-order valence-electron chi connectivity index (χ0n) is 33.3. The molecule has 56 heavy (non-hydrogen) atoms. The molecule has 4 amide bonds. The summed E-state index contributed by atoms with van der Waals surface area (Å²) in [4.78, 5) is 62.1. The number of alkyl halides is 3. The predicted molar refractivity (Wildman–Crippen MR) is 206 cm³/mol. The minimum atomic E-state index is -4.54. The average molecular weight is 789 g/mol. The lowest BCUT2D eigenvalue weighted by Gasteiger charge is -2.42. The van der Waals surface area contributed by atoms with E-state index in [0.29, 0.717) is 56.1 Å². The van der Waals surface area contributed by atoms with Gasteiger partial charge in [-0.25, -0.2) is 14.8 Å². The lowest BCUT2D eigenvalue weighted by molar-refractivity contribution is -0.137. The molecule has 2 saturated carbocycles. The van der Waals surface area contributed by atoms with E-state index < -0.39 is 29.5 Å². The molecule has 3 aliphatic rings. The standard InChI is InChI=1S/C40H59F3N8O5/c1-24(2)21-44-28-14-16-33(51-18-17-31(37(51)54)50-36-29-19-26(40(41,42)43)11-15-30(29)46-23-47-36)32(20-28)49-35(53)8-6-7-34(52)48-27-12-9-25(10-13-27)22-45-38(55)56-39(3,4)5/h11,15,19,23-25,27-28,31-33,44H,6-10,12-14,16-18,20-22H2,1-5H3,(H,45,55)(H,48,52)(H,49,53)(H,46,47,50)/t25?,27?,28-,31+,32-,33+/m1/s1. The highest BCUT2D eigenvalue weighted by atomic mass is 19.4. The molecule has 2 aliphatic carbocycles. The van der Waals surface area contributed by atoms with Crippen molar-refractivity contribution in [3.05, 3.63) is 30.1 Å². The Balaban J connectivity index is 1.11. The number of alkyl carbamates (subject to hydrolysis) is 1. The number of nitrogens with one attached hydrogen (secondary N) is 5. The third-order valence-electron chi connectivity index (χ3n) is 10.8. The van der Waals surface area contributed by atoms with Gasteiger partial charge in [0.25, 0.3) is 0 Å². The molecule has 4 atom stereocenters. The van der Waals surface area contributed by atoms with Crippen LogP contribution in [0, 0.1) is 11.8 Å². The molecule has 3 fully saturated rings. The number of carbonyl (C=O) groups is 4. The highest BCUT2D eigenvalue weighted by molar-refractivity contribution is 5.93. The zero-order valence-corrected chi connectivity index (χ0v) is 33.3. The van der Waals surface area contributed by atoms with Gasteiger partial charge in [0.15, 0.2) is 0 Å². The van der Waals surface area contributed by atoms with Crippen LogP contribution in [0.2, 0.25) is 0 Å². The number of amides is 4. The van der Waals surface area contributed by atoms with Crippen LogP contribution in [0.5, 0.6) is 0 Å². The highest BCUT2D eigenvalue weighted by Gasteiger charge is 2.42. The normalized spacial score (nSPS) is 24.6. The van der Waals surface area contributed by atoms with Crippen molar-refractivity contribution in [2.45, 2.75) is 147 Å². The number of nitrogens with zero attached hydrogens (tertiary/aromatic N) is 3. The largest absolute Gasteiger partial charge is 0.444 e. The van der Waals surface area contributed by atoms with Crippen LogP contribution in [-0.4, -0.2) is 94.1 Å². The number of carbonyl (C=O) groups excluding carboxylic acids is 4. The lowest BCUT2D eigenvalue weighted by Crippen LogP contribution is -2.58. The maximum atomic E-state index is 13.9. The van der Waals surface area contributed by atoms with Gasteiger partial charge in [-0.15, -0.1) is 0 Å². The zero-order chi connectivity index (χ0) is 40.6. The number of rotatable bonds is 14. The topological polar surface area (TPSA) is 167 Å². The van der Waals surface area contributed by atoms with Crippen molar-refractivity contribution in [2.24, 2.45) is 11.8 Å². The fourth-order valence-electron chi connectivity index (χ4n) is 7.99. The van der Waals surface area contributed by atoms with Crippen molar-refractivity contribution in [3.8, 4) is 0 Å². The molecule has 0 spiro atoms. The van der Waals surface area contributed by atoms with Gasteiger partial charge >= 0.3 is 12.3 Å². The first kappa shape index (κ1) is 42.9. The molecule has 1 saturated heterocycles. The van der Waals surface area contributed by atoms with Gasteiger partial charge in [0, 0.05) is 43.4 Å². The van der Waals surface area contributed by atoms with Crippen molar-refractivity contribution in [1.29, 1.82) is 0 Å². The molecule has 0 unspecified atom stereocenters. The molecular formula is C40H59F3N8O5. The number of ether oxygens (including phenoxy) is 1. The first-order valence-corrected chi connectivity index (χ1v) is 20.1. The molecule has 16 heteroatoms. The van der Waals surface area contributed by atoms with Crippen molar-refractivity contribution < 1.29 is 37.1 Å². The van der Waals surface area contributed by atoms with E-state index in [4.69, 9.17) is 4.74 Å². The molecular weight excluding hydrogens is 729 g/mol. The summed E-state index contributed by atoms with van der Waals surface area (Å²) in [5.41, 5.74) is -1.04. The van der Waals surface area contributed by atoms with Gasteiger partial charge in [-0.05, 0) is 115 Å². The Labute approximate surface area is 327 Å². The molecule has 0 bridgehead atoms. The van der Waals surface area contributed by atoms with Crippen molar-refractivity contribution in [1.82, 2.24) is 36.1 Å². The first-order chi connectivity index (χ1) is 26.4. The Morgan fingerprint density at radius 1 is 0.929 bits per heavy atom. The summed E-state index contributed by atoms with van der Waals surface area (Å²) in [5.74, 6) is 0.484. The van der Waals surface area contributed by atoms with Crippen molar-refractivity contribution >= 4 is 40.5 Å². The number of hydrogen-bond acceptors (Lipinski definition) is 9. The minimum absolute atomic E-state index is 0.0640. The third-order valence-corrected chi connectivity index (χ3v) is 10.8. The highest BCUT2D eigenvalue weighted by Crippen LogP contribution is 2.34. The Kier molecular flexibility index (Phi) is 14.4. The number of anilines is 1. The molecule has 1 aromatic heterocycles. The van der Waals surface area contributed by atoms with E-state index in [1.807, 2.05) is 20.8 Å². The Hall–Kier alpha value is -4.21. The number of hydrogen-bond donors (Lipinski definition) is 5. The molecule has 5 rings (SSSR count). The van der Waals surface area contributed by atoms with Crippen LogP contribution < -0.4 is 26.6 Å².